The summed E-state index contributed by atoms with van der Waals surface area (Å²) >= 11 is 1.69. The van der Waals surface area contributed by atoms with E-state index in [4.69, 9.17) is 4.42 Å². The SMILES string of the molecule is CCSc1oc(C)nc1C. The number of rotatable bonds is 2. The van der Waals surface area contributed by atoms with E-state index < -0.39 is 0 Å². The van der Waals surface area contributed by atoms with Crippen LogP contribution in [-0.2, 0) is 0 Å². The second-order valence-corrected chi connectivity index (χ2v) is 3.28. The van der Waals surface area contributed by atoms with Crippen LogP contribution < -0.4 is 0 Å². The van der Waals surface area contributed by atoms with Gasteiger partial charge in [-0.25, -0.2) is 4.98 Å². The third-order valence-corrected chi connectivity index (χ3v) is 2.07. The fourth-order valence-corrected chi connectivity index (χ4v) is 1.47. The van der Waals surface area contributed by atoms with Gasteiger partial charge in [0.2, 0.25) is 0 Å². The Hall–Kier alpha value is -0.440. The number of aryl methyl sites for hydroxylation is 2. The van der Waals surface area contributed by atoms with Gasteiger partial charge in [0, 0.05) is 6.92 Å². The van der Waals surface area contributed by atoms with Crippen LogP contribution in [0.15, 0.2) is 9.51 Å². The van der Waals surface area contributed by atoms with Crippen LogP contribution in [0.4, 0.5) is 0 Å². The Morgan fingerprint density at radius 1 is 1.50 bits per heavy atom. The Labute approximate surface area is 65.0 Å². The van der Waals surface area contributed by atoms with Gasteiger partial charge in [-0.3, -0.25) is 0 Å². The zero-order valence-electron chi connectivity index (χ0n) is 6.47. The van der Waals surface area contributed by atoms with E-state index in [0.717, 1.165) is 22.4 Å². The first kappa shape index (κ1) is 7.66. The molecular formula is C7H11NOS. The van der Waals surface area contributed by atoms with Gasteiger partial charge in [-0.05, 0) is 12.7 Å². The monoisotopic (exact) mass is 157 g/mol. The van der Waals surface area contributed by atoms with Gasteiger partial charge in [0.1, 0.15) is 0 Å². The van der Waals surface area contributed by atoms with Crippen molar-refractivity contribution in [2.75, 3.05) is 5.75 Å². The lowest BCUT2D eigenvalue weighted by Crippen LogP contribution is -1.73. The maximum atomic E-state index is 5.31. The smallest absolute Gasteiger partial charge is 0.192 e. The van der Waals surface area contributed by atoms with Gasteiger partial charge < -0.3 is 4.42 Å². The minimum Gasteiger partial charge on any atom is -0.435 e. The molecule has 0 bridgehead atoms. The molecule has 0 aromatic carbocycles. The lowest BCUT2D eigenvalue weighted by Gasteiger charge is -1.89. The van der Waals surface area contributed by atoms with Crippen LogP contribution in [-0.4, -0.2) is 10.7 Å². The maximum absolute atomic E-state index is 5.31. The van der Waals surface area contributed by atoms with Crippen molar-refractivity contribution < 1.29 is 4.42 Å². The fraction of sp³-hybridized carbons (Fsp3) is 0.571. The third kappa shape index (κ3) is 1.53. The molecule has 0 fully saturated rings. The quantitative estimate of drug-likeness (QED) is 0.616. The summed E-state index contributed by atoms with van der Waals surface area (Å²) in [4.78, 5) is 4.14. The Morgan fingerprint density at radius 3 is 2.60 bits per heavy atom. The van der Waals surface area contributed by atoms with Gasteiger partial charge in [0.05, 0.1) is 5.69 Å². The molecule has 1 aromatic heterocycles. The summed E-state index contributed by atoms with van der Waals surface area (Å²) in [5.41, 5.74) is 1.00. The molecule has 1 rings (SSSR count). The van der Waals surface area contributed by atoms with E-state index in [1.54, 1.807) is 11.8 Å². The van der Waals surface area contributed by atoms with Crippen molar-refractivity contribution in [3.05, 3.63) is 11.6 Å². The molecule has 1 heterocycles. The van der Waals surface area contributed by atoms with E-state index in [-0.39, 0.29) is 0 Å². The van der Waals surface area contributed by atoms with Crippen molar-refractivity contribution in [2.24, 2.45) is 0 Å². The fourth-order valence-electron chi connectivity index (χ4n) is 0.778. The number of nitrogens with zero attached hydrogens (tertiary/aromatic N) is 1. The number of aromatic nitrogens is 1. The predicted molar refractivity (Wildman–Crippen MR) is 42.4 cm³/mol. The van der Waals surface area contributed by atoms with Crippen LogP contribution in [0.1, 0.15) is 18.5 Å². The van der Waals surface area contributed by atoms with Crippen LogP contribution in [0.5, 0.6) is 0 Å². The standard InChI is InChI=1S/C7H11NOS/c1-4-10-7-5(2)8-6(3)9-7/h4H2,1-3H3. The van der Waals surface area contributed by atoms with Crippen LogP contribution >= 0.6 is 11.8 Å². The number of thioether (sulfide) groups is 1. The minimum atomic E-state index is 0.758. The average molecular weight is 157 g/mol. The molecule has 0 aliphatic rings. The Balaban J connectivity index is 2.81. The van der Waals surface area contributed by atoms with Gasteiger partial charge in [-0.2, -0.15) is 0 Å². The normalized spacial score (nSPS) is 10.3. The van der Waals surface area contributed by atoms with E-state index in [1.807, 2.05) is 13.8 Å². The second-order valence-electron chi connectivity index (χ2n) is 2.04. The van der Waals surface area contributed by atoms with Gasteiger partial charge in [0.15, 0.2) is 11.0 Å². The molecule has 1 aromatic rings. The molecule has 10 heavy (non-hydrogen) atoms. The lowest BCUT2D eigenvalue weighted by molar-refractivity contribution is 0.440. The topological polar surface area (TPSA) is 26.0 Å². The molecule has 2 nitrogen and oxygen atoms in total. The molecule has 0 atom stereocenters. The second kappa shape index (κ2) is 3.10. The lowest BCUT2D eigenvalue weighted by atomic mass is 10.6. The van der Waals surface area contributed by atoms with Crippen LogP contribution in [0.3, 0.4) is 0 Å². The molecule has 0 aliphatic heterocycles. The van der Waals surface area contributed by atoms with E-state index >= 15 is 0 Å². The molecule has 0 saturated carbocycles. The van der Waals surface area contributed by atoms with E-state index in [1.165, 1.54) is 0 Å². The van der Waals surface area contributed by atoms with E-state index in [2.05, 4.69) is 11.9 Å². The van der Waals surface area contributed by atoms with Gasteiger partial charge >= 0.3 is 0 Å². The largest absolute Gasteiger partial charge is 0.435 e. The van der Waals surface area contributed by atoms with Gasteiger partial charge in [-0.15, -0.1) is 0 Å². The van der Waals surface area contributed by atoms with Crippen molar-refractivity contribution in [1.82, 2.24) is 4.98 Å². The summed E-state index contributed by atoms with van der Waals surface area (Å²) in [6.07, 6.45) is 0. The van der Waals surface area contributed by atoms with Crippen molar-refractivity contribution in [3.8, 4) is 0 Å². The number of hydrogen-bond acceptors (Lipinski definition) is 3. The third-order valence-electron chi connectivity index (χ3n) is 1.14. The molecule has 0 spiro atoms. The van der Waals surface area contributed by atoms with Crippen LogP contribution in [0.2, 0.25) is 0 Å². The molecule has 0 unspecified atom stereocenters. The summed E-state index contributed by atoms with van der Waals surface area (Å²) in [6, 6.07) is 0. The predicted octanol–water partition coefficient (Wildman–Crippen LogP) is 2.40. The molecule has 3 heteroatoms. The zero-order chi connectivity index (χ0) is 7.56. The highest BCUT2D eigenvalue weighted by molar-refractivity contribution is 7.99. The molecular weight excluding hydrogens is 146 g/mol. The van der Waals surface area contributed by atoms with E-state index in [0.29, 0.717) is 0 Å². The molecule has 0 radical (unpaired) electrons. The maximum Gasteiger partial charge on any atom is 0.192 e. The molecule has 0 N–H and O–H groups in total. The Bertz CT molecular complexity index is 219. The zero-order valence-corrected chi connectivity index (χ0v) is 7.29. The van der Waals surface area contributed by atoms with Crippen molar-refractivity contribution in [2.45, 2.75) is 25.9 Å². The molecule has 56 valence electrons. The van der Waals surface area contributed by atoms with E-state index in [9.17, 15) is 0 Å². The van der Waals surface area contributed by atoms with Crippen LogP contribution in [0, 0.1) is 13.8 Å². The summed E-state index contributed by atoms with van der Waals surface area (Å²) in [5, 5.41) is 0.958. The Kier molecular flexibility index (Phi) is 2.38. The van der Waals surface area contributed by atoms with Gasteiger partial charge in [0.25, 0.3) is 0 Å². The Morgan fingerprint density at radius 2 is 2.20 bits per heavy atom. The highest BCUT2D eigenvalue weighted by atomic mass is 32.2. The van der Waals surface area contributed by atoms with Crippen molar-refractivity contribution in [3.63, 3.8) is 0 Å². The summed E-state index contributed by atoms with van der Waals surface area (Å²) in [7, 11) is 0. The first-order valence-corrected chi connectivity index (χ1v) is 4.29. The number of hydrogen-bond donors (Lipinski definition) is 0. The first-order valence-electron chi connectivity index (χ1n) is 3.31. The van der Waals surface area contributed by atoms with Crippen molar-refractivity contribution >= 4 is 11.8 Å². The first-order chi connectivity index (χ1) is 4.74. The molecule has 0 saturated heterocycles. The molecule has 0 aliphatic carbocycles. The average Bonchev–Trinajstić information content (AvgIpc) is 2.13. The highest BCUT2D eigenvalue weighted by Crippen LogP contribution is 2.22. The summed E-state index contributed by atoms with van der Waals surface area (Å²) < 4.78 is 5.31. The minimum absolute atomic E-state index is 0.758. The van der Waals surface area contributed by atoms with Crippen LogP contribution in [0.25, 0.3) is 0 Å². The van der Waals surface area contributed by atoms with Crippen molar-refractivity contribution in [1.29, 1.82) is 0 Å². The molecule has 0 amide bonds. The van der Waals surface area contributed by atoms with Gasteiger partial charge in [-0.1, -0.05) is 18.7 Å². The summed E-state index contributed by atoms with van der Waals surface area (Å²) in [6.45, 7) is 5.93. The highest BCUT2D eigenvalue weighted by Gasteiger charge is 2.04. The summed E-state index contributed by atoms with van der Waals surface area (Å²) in [5.74, 6) is 1.80. The number of oxazole rings is 1.